The molecule has 2 aliphatic rings. The summed E-state index contributed by atoms with van der Waals surface area (Å²) in [5, 5.41) is 0. The maximum Gasteiger partial charge on any atom is 0.0116 e. The molecule has 2 bridgehead atoms. The van der Waals surface area contributed by atoms with Crippen LogP contribution in [0, 0.1) is 0 Å². The Labute approximate surface area is 81.5 Å². The van der Waals surface area contributed by atoms with Gasteiger partial charge in [-0.2, -0.15) is 0 Å². The van der Waals surface area contributed by atoms with Crippen molar-refractivity contribution in [2.24, 2.45) is 5.73 Å². The molecule has 0 spiro atoms. The molecular weight excluding hydrogens is 160 g/mol. The van der Waals surface area contributed by atoms with Gasteiger partial charge in [0.1, 0.15) is 0 Å². The highest BCUT2D eigenvalue weighted by Gasteiger charge is 2.37. The van der Waals surface area contributed by atoms with Crippen molar-refractivity contribution < 1.29 is 0 Å². The van der Waals surface area contributed by atoms with Crippen molar-refractivity contribution in [3.63, 3.8) is 0 Å². The van der Waals surface area contributed by atoms with Crippen LogP contribution < -0.4 is 5.73 Å². The summed E-state index contributed by atoms with van der Waals surface area (Å²) in [6, 6.07) is 2.78. The number of piperidine rings is 2. The summed E-state index contributed by atoms with van der Waals surface area (Å²) in [7, 11) is 0. The number of hydrogen-bond donors (Lipinski definition) is 1. The molecule has 0 aliphatic carbocycles. The molecule has 2 heteroatoms. The zero-order chi connectivity index (χ0) is 9.42. The molecule has 0 aromatic rings. The summed E-state index contributed by atoms with van der Waals surface area (Å²) in [4.78, 5) is 2.72. The lowest BCUT2D eigenvalue weighted by molar-refractivity contribution is 0.00622. The van der Waals surface area contributed by atoms with Crippen molar-refractivity contribution >= 4 is 0 Å². The summed E-state index contributed by atoms with van der Waals surface area (Å²) in [6.07, 6.45) is 6.64. The molecule has 76 valence electrons. The van der Waals surface area contributed by atoms with E-state index in [1.54, 1.807) is 0 Å². The van der Waals surface area contributed by atoms with Crippen molar-refractivity contribution in [2.45, 2.75) is 70.1 Å². The minimum Gasteiger partial charge on any atom is -0.328 e. The molecule has 13 heavy (non-hydrogen) atoms. The second-order valence-electron chi connectivity index (χ2n) is 5.01. The Morgan fingerprint density at radius 1 is 1.15 bits per heavy atom. The van der Waals surface area contributed by atoms with E-state index in [0.717, 1.165) is 12.1 Å². The Bertz CT molecular complexity index is 165. The summed E-state index contributed by atoms with van der Waals surface area (Å²) in [5.41, 5.74) is 6.06. The Hall–Kier alpha value is -0.0800. The maximum absolute atomic E-state index is 6.06. The Morgan fingerprint density at radius 3 is 2.15 bits per heavy atom. The minimum absolute atomic E-state index is 0.477. The van der Waals surface area contributed by atoms with Gasteiger partial charge in [-0.15, -0.1) is 0 Å². The monoisotopic (exact) mass is 182 g/mol. The van der Waals surface area contributed by atoms with E-state index in [4.69, 9.17) is 5.73 Å². The standard InChI is InChI=1S/C11H22N2/c1-8(2)13-10-4-3-5-11(13)7-9(12)6-10/h8-11H,3-7,12H2,1-2H3/t9?,10-,11?/m1/s1. The van der Waals surface area contributed by atoms with Crippen LogP contribution in [0.4, 0.5) is 0 Å². The molecule has 2 nitrogen and oxygen atoms in total. The molecule has 2 unspecified atom stereocenters. The minimum atomic E-state index is 0.477. The first-order valence-corrected chi connectivity index (χ1v) is 5.71. The molecule has 2 heterocycles. The van der Waals surface area contributed by atoms with Crippen molar-refractivity contribution in [1.29, 1.82) is 0 Å². The molecule has 0 saturated carbocycles. The van der Waals surface area contributed by atoms with Crippen LogP contribution in [0.25, 0.3) is 0 Å². The summed E-state index contributed by atoms with van der Waals surface area (Å²) < 4.78 is 0. The normalized spacial score (nSPS) is 41.1. The van der Waals surface area contributed by atoms with Crippen LogP contribution >= 0.6 is 0 Å². The van der Waals surface area contributed by atoms with Crippen LogP contribution in [0.2, 0.25) is 0 Å². The highest BCUT2D eigenvalue weighted by molar-refractivity contribution is 4.95. The SMILES string of the molecule is CC(C)N1C2CCC[C@@H]1CC(N)C2. The van der Waals surface area contributed by atoms with E-state index in [0.29, 0.717) is 12.1 Å². The molecule has 0 radical (unpaired) electrons. The van der Waals surface area contributed by atoms with Crippen LogP contribution in [0.3, 0.4) is 0 Å². The van der Waals surface area contributed by atoms with Crippen LogP contribution in [0.15, 0.2) is 0 Å². The third kappa shape index (κ3) is 1.75. The van der Waals surface area contributed by atoms with Gasteiger partial charge in [-0.25, -0.2) is 0 Å². The highest BCUT2D eigenvalue weighted by Crippen LogP contribution is 2.34. The lowest BCUT2D eigenvalue weighted by atomic mass is 9.81. The Kier molecular flexibility index (Phi) is 2.61. The number of rotatable bonds is 1. The van der Waals surface area contributed by atoms with Crippen LogP contribution in [-0.4, -0.2) is 29.1 Å². The quantitative estimate of drug-likeness (QED) is 0.669. The first-order chi connectivity index (χ1) is 6.18. The van der Waals surface area contributed by atoms with Crippen molar-refractivity contribution in [1.82, 2.24) is 4.90 Å². The molecule has 2 fully saturated rings. The molecule has 2 rings (SSSR count). The second kappa shape index (κ2) is 3.58. The number of nitrogens with two attached hydrogens (primary N) is 1. The fraction of sp³-hybridized carbons (Fsp3) is 1.00. The van der Waals surface area contributed by atoms with Gasteiger partial charge < -0.3 is 5.73 Å². The van der Waals surface area contributed by atoms with E-state index in [9.17, 15) is 0 Å². The van der Waals surface area contributed by atoms with Crippen molar-refractivity contribution in [3.05, 3.63) is 0 Å². The molecule has 0 aromatic carbocycles. The third-order valence-electron chi connectivity index (χ3n) is 3.66. The molecule has 2 N–H and O–H groups in total. The zero-order valence-corrected chi connectivity index (χ0v) is 8.87. The number of nitrogens with zero attached hydrogens (tertiary/aromatic N) is 1. The van der Waals surface area contributed by atoms with Gasteiger partial charge in [0.2, 0.25) is 0 Å². The third-order valence-corrected chi connectivity index (χ3v) is 3.66. The fourth-order valence-corrected chi connectivity index (χ4v) is 3.30. The van der Waals surface area contributed by atoms with Crippen LogP contribution in [-0.2, 0) is 0 Å². The molecule has 3 atom stereocenters. The summed E-state index contributed by atoms with van der Waals surface area (Å²) in [5.74, 6) is 0. The van der Waals surface area contributed by atoms with Gasteiger partial charge in [0, 0.05) is 24.2 Å². The smallest absolute Gasteiger partial charge is 0.0116 e. The Morgan fingerprint density at radius 2 is 1.69 bits per heavy atom. The van der Waals surface area contributed by atoms with E-state index >= 15 is 0 Å². The maximum atomic E-state index is 6.06. The first kappa shape index (κ1) is 9.47. The second-order valence-corrected chi connectivity index (χ2v) is 5.01. The van der Waals surface area contributed by atoms with Crippen LogP contribution in [0.5, 0.6) is 0 Å². The van der Waals surface area contributed by atoms with E-state index in [1.807, 2.05) is 0 Å². The average Bonchev–Trinajstić information content (AvgIpc) is 2.01. The van der Waals surface area contributed by atoms with Crippen LogP contribution in [0.1, 0.15) is 46.0 Å². The van der Waals surface area contributed by atoms with E-state index in [2.05, 4.69) is 18.7 Å². The van der Waals surface area contributed by atoms with Gasteiger partial charge in [-0.1, -0.05) is 6.42 Å². The van der Waals surface area contributed by atoms with Crippen molar-refractivity contribution in [3.8, 4) is 0 Å². The lowest BCUT2D eigenvalue weighted by Gasteiger charge is -2.50. The van der Waals surface area contributed by atoms with Gasteiger partial charge in [-0.3, -0.25) is 4.90 Å². The highest BCUT2D eigenvalue weighted by atomic mass is 15.2. The van der Waals surface area contributed by atoms with Gasteiger partial charge in [-0.05, 0) is 39.5 Å². The van der Waals surface area contributed by atoms with Gasteiger partial charge in [0.15, 0.2) is 0 Å². The summed E-state index contributed by atoms with van der Waals surface area (Å²) >= 11 is 0. The largest absolute Gasteiger partial charge is 0.328 e. The van der Waals surface area contributed by atoms with E-state index < -0.39 is 0 Å². The van der Waals surface area contributed by atoms with Gasteiger partial charge in [0.05, 0.1) is 0 Å². The van der Waals surface area contributed by atoms with E-state index in [-0.39, 0.29) is 0 Å². The van der Waals surface area contributed by atoms with Gasteiger partial charge >= 0.3 is 0 Å². The molecule has 0 amide bonds. The Balaban J connectivity index is 2.10. The first-order valence-electron chi connectivity index (χ1n) is 5.71. The van der Waals surface area contributed by atoms with E-state index in [1.165, 1.54) is 32.1 Å². The predicted molar refractivity (Wildman–Crippen MR) is 55.6 cm³/mol. The lowest BCUT2D eigenvalue weighted by Crippen LogP contribution is -2.57. The molecular formula is C11H22N2. The number of hydrogen-bond acceptors (Lipinski definition) is 2. The molecule has 0 aromatic heterocycles. The van der Waals surface area contributed by atoms with Crippen molar-refractivity contribution in [2.75, 3.05) is 0 Å². The summed E-state index contributed by atoms with van der Waals surface area (Å²) in [6.45, 7) is 4.64. The predicted octanol–water partition coefficient (Wildman–Crippen LogP) is 1.74. The average molecular weight is 182 g/mol. The zero-order valence-electron chi connectivity index (χ0n) is 8.87. The fourth-order valence-electron chi connectivity index (χ4n) is 3.30. The molecule has 2 aliphatic heterocycles. The topological polar surface area (TPSA) is 29.3 Å². The molecule has 2 saturated heterocycles. The number of fused-ring (bicyclic) bond motifs is 2. The van der Waals surface area contributed by atoms with Gasteiger partial charge in [0.25, 0.3) is 0 Å².